The lowest BCUT2D eigenvalue weighted by Crippen LogP contribution is -2.06. The number of rotatable bonds is 6. The molecule has 0 heterocycles. The van der Waals surface area contributed by atoms with Crippen LogP contribution < -0.4 is 10.2 Å². The molecule has 0 radical (unpaired) electrons. The van der Waals surface area contributed by atoms with Crippen molar-refractivity contribution in [3.05, 3.63) is 65.7 Å². The van der Waals surface area contributed by atoms with Crippen LogP contribution in [0.1, 0.15) is 18.1 Å². The quantitative estimate of drug-likeness (QED) is 0.487. The fourth-order valence-corrected chi connectivity index (χ4v) is 1.66. The number of aryl methyl sites for hydroxylation is 1. The molecule has 0 aromatic heterocycles. The standard InChI is InChI=1S/C16H18N2O/c1-2-14-8-10-16(11-9-14)19-13-18-17-12-15-6-4-3-5-7-15/h3-11,13,17H,2,12H2,1H3. The van der Waals surface area contributed by atoms with Gasteiger partial charge in [-0.2, -0.15) is 0 Å². The van der Waals surface area contributed by atoms with Gasteiger partial charge in [-0.3, -0.25) is 0 Å². The zero-order valence-corrected chi connectivity index (χ0v) is 11.0. The Labute approximate surface area is 113 Å². The molecule has 0 fully saturated rings. The van der Waals surface area contributed by atoms with Crippen LogP contribution in [0.3, 0.4) is 0 Å². The van der Waals surface area contributed by atoms with Gasteiger partial charge in [0, 0.05) is 0 Å². The Morgan fingerprint density at radius 2 is 1.74 bits per heavy atom. The van der Waals surface area contributed by atoms with Gasteiger partial charge in [0.15, 0.2) is 6.40 Å². The van der Waals surface area contributed by atoms with Crippen LogP contribution >= 0.6 is 0 Å². The molecular formula is C16H18N2O. The van der Waals surface area contributed by atoms with Gasteiger partial charge in [-0.25, -0.2) is 0 Å². The Hall–Kier alpha value is -2.29. The van der Waals surface area contributed by atoms with Crippen LogP contribution in [0.25, 0.3) is 0 Å². The van der Waals surface area contributed by atoms with E-state index in [-0.39, 0.29) is 0 Å². The van der Waals surface area contributed by atoms with Crippen molar-refractivity contribution in [2.75, 3.05) is 0 Å². The van der Waals surface area contributed by atoms with Gasteiger partial charge in [0.1, 0.15) is 5.75 Å². The molecule has 98 valence electrons. The summed E-state index contributed by atoms with van der Waals surface area (Å²) in [5, 5.41) is 4.01. The summed E-state index contributed by atoms with van der Waals surface area (Å²) in [4.78, 5) is 0. The summed E-state index contributed by atoms with van der Waals surface area (Å²) in [6.45, 7) is 2.82. The first-order chi connectivity index (χ1) is 9.38. The largest absolute Gasteiger partial charge is 0.444 e. The van der Waals surface area contributed by atoms with Gasteiger partial charge in [-0.15, -0.1) is 5.10 Å². The van der Waals surface area contributed by atoms with E-state index in [1.165, 1.54) is 17.5 Å². The topological polar surface area (TPSA) is 33.6 Å². The number of ether oxygens (including phenoxy) is 1. The maximum atomic E-state index is 5.39. The number of nitrogens with zero attached hydrogens (tertiary/aromatic N) is 1. The van der Waals surface area contributed by atoms with Gasteiger partial charge in [0.05, 0.1) is 6.54 Å². The first-order valence-corrected chi connectivity index (χ1v) is 6.42. The molecule has 1 N–H and O–H groups in total. The van der Waals surface area contributed by atoms with E-state index in [0.717, 1.165) is 12.2 Å². The molecular weight excluding hydrogens is 236 g/mol. The molecule has 0 unspecified atom stereocenters. The molecule has 19 heavy (non-hydrogen) atoms. The van der Waals surface area contributed by atoms with Gasteiger partial charge in [0.25, 0.3) is 0 Å². The summed E-state index contributed by atoms with van der Waals surface area (Å²) in [5.41, 5.74) is 5.42. The summed E-state index contributed by atoms with van der Waals surface area (Å²) in [6.07, 6.45) is 2.46. The van der Waals surface area contributed by atoms with Crippen LogP contribution in [-0.2, 0) is 13.0 Å². The summed E-state index contributed by atoms with van der Waals surface area (Å²) >= 11 is 0. The summed E-state index contributed by atoms with van der Waals surface area (Å²) < 4.78 is 5.39. The molecule has 0 saturated heterocycles. The number of hydrogen-bond donors (Lipinski definition) is 1. The van der Waals surface area contributed by atoms with E-state index in [2.05, 4.69) is 29.6 Å². The molecule has 0 amide bonds. The highest BCUT2D eigenvalue weighted by atomic mass is 16.5. The minimum absolute atomic E-state index is 0.690. The summed E-state index contributed by atoms with van der Waals surface area (Å²) in [6, 6.07) is 18.1. The van der Waals surface area contributed by atoms with E-state index < -0.39 is 0 Å². The minimum Gasteiger partial charge on any atom is -0.444 e. The Balaban J connectivity index is 1.74. The lowest BCUT2D eigenvalue weighted by molar-refractivity contribution is 0.560. The van der Waals surface area contributed by atoms with E-state index in [0.29, 0.717) is 6.54 Å². The molecule has 3 nitrogen and oxygen atoms in total. The number of hydrogen-bond acceptors (Lipinski definition) is 3. The SMILES string of the molecule is CCc1ccc(OC=NNCc2ccccc2)cc1. The molecule has 0 bridgehead atoms. The highest BCUT2D eigenvalue weighted by Gasteiger charge is 1.92. The van der Waals surface area contributed by atoms with Crippen molar-refractivity contribution in [1.29, 1.82) is 0 Å². The molecule has 3 heteroatoms. The molecule has 0 atom stereocenters. The Morgan fingerprint density at radius 3 is 2.42 bits per heavy atom. The molecule has 0 aliphatic rings. The van der Waals surface area contributed by atoms with Gasteiger partial charge in [0.2, 0.25) is 0 Å². The lowest BCUT2D eigenvalue weighted by atomic mass is 10.2. The highest BCUT2D eigenvalue weighted by molar-refractivity contribution is 5.51. The van der Waals surface area contributed by atoms with Gasteiger partial charge in [-0.1, -0.05) is 49.4 Å². The molecule has 0 saturated carbocycles. The zero-order valence-electron chi connectivity index (χ0n) is 11.0. The lowest BCUT2D eigenvalue weighted by Gasteiger charge is -2.02. The van der Waals surface area contributed by atoms with Crippen molar-refractivity contribution in [1.82, 2.24) is 5.43 Å². The van der Waals surface area contributed by atoms with Crippen LogP contribution in [0.2, 0.25) is 0 Å². The highest BCUT2D eigenvalue weighted by Crippen LogP contribution is 2.11. The van der Waals surface area contributed by atoms with Crippen molar-refractivity contribution >= 4 is 6.40 Å². The van der Waals surface area contributed by atoms with E-state index in [9.17, 15) is 0 Å². The van der Waals surface area contributed by atoms with Crippen molar-refractivity contribution in [3.63, 3.8) is 0 Å². The number of benzene rings is 2. The average Bonchev–Trinajstić information content (AvgIpc) is 2.49. The summed E-state index contributed by atoms with van der Waals surface area (Å²) in [7, 11) is 0. The third-order valence-corrected chi connectivity index (χ3v) is 2.79. The Bertz CT molecular complexity index is 506. The molecule has 2 aromatic rings. The van der Waals surface area contributed by atoms with Crippen LogP contribution in [0.4, 0.5) is 0 Å². The second-order valence-corrected chi connectivity index (χ2v) is 4.17. The van der Waals surface area contributed by atoms with Crippen LogP contribution in [0, 0.1) is 0 Å². The van der Waals surface area contributed by atoms with Crippen molar-refractivity contribution < 1.29 is 4.74 Å². The second kappa shape index (κ2) is 7.21. The van der Waals surface area contributed by atoms with Crippen molar-refractivity contribution in [3.8, 4) is 5.75 Å². The summed E-state index contributed by atoms with van der Waals surface area (Å²) in [5.74, 6) is 0.794. The Morgan fingerprint density at radius 1 is 1.00 bits per heavy atom. The fraction of sp³-hybridized carbons (Fsp3) is 0.188. The Kier molecular flexibility index (Phi) is 4.99. The van der Waals surface area contributed by atoms with Gasteiger partial charge >= 0.3 is 0 Å². The molecule has 0 aliphatic heterocycles. The number of hydrazone groups is 1. The monoisotopic (exact) mass is 254 g/mol. The van der Waals surface area contributed by atoms with Gasteiger partial charge < -0.3 is 10.2 Å². The third-order valence-electron chi connectivity index (χ3n) is 2.79. The van der Waals surface area contributed by atoms with Gasteiger partial charge in [-0.05, 0) is 29.7 Å². The van der Waals surface area contributed by atoms with Crippen LogP contribution in [-0.4, -0.2) is 6.40 Å². The second-order valence-electron chi connectivity index (χ2n) is 4.17. The fourth-order valence-electron chi connectivity index (χ4n) is 1.66. The van der Waals surface area contributed by atoms with Crippen molar-refractivity contribution in [2.24, 2.45) is 5.10 Å². The maximum Gasteiger partial charge on any atom is 0.199 e. The van der Waals surface area contributed by atoms with E-state index in [1.807, 2.05) is 42.5 Å². The van der Waals surface area contributed by atoms with Crippen LogP contribution in [0.15, 0.2) is 59.7 Å². The van der Waals surface area contributed by atoms with E-state index in [4.69, 9.17) is 4.74 Å². The predicted octanol–water partition coefficient (Wildman–Crippen LogP) is 3.36. The number of nitrogens with one attached hydrogen (secondary N) is 1. The molecule has 2 aromatic carbocycles. The third kappa shape index (κ3) is 4.47. The molecule has 0 aliphatic carbocycles. The normalized spacial score (nSPS) is 10.6. The smallest absolute Gasteiger partial charge is 0.199 e. The average molecular weight is 254 g/mol. The van der Waals surface area contributed by atoms with Crippen LogP contribution in [0.5, 0.6) is 5.75 Å². The van der Waals surface area contributed by atoms with Crippen molar-refractivity contribution in [2.45, 2.75) is 19.9 Å². The zero-order chi connectivity index (χ0) is 13.3. The maximum absolute atomic E-state index is 5.39. The molecule has 2 rings (SSSR count). The minimum atomic E-state index is 0.690. The predicted molar refractivity (Wildman–Crippen MR) is 78.2 cm³/mol. The molecule has 0 spiro atoms. The van der Waals surface area contributed by atoms with E-state index in [1.54, 1.807) is 0 Å². The first kappa shape index (κ1) is 13.1. The van der Waals surface area contributed by atoms with E-state index >= 15 is 0 Å². The first-order valence-electron chi connectivity index (χ1n) is 6.42.